The SMILES string of the molecule is CC(C)OC(=O)N1CCN(C(C)(C)C(=N)N)CC1. The monoisotopic (exact) mass is 256 g/mol. The fourth-order valence-corrected chi connectivity index (χ4v) is 1.89. The number of nitrogens with zero attached hydrogens (tertiary/aromatic N) is 2. The number of amides is 1. The molecule has 18 heavy (non-hydrogen) atoms. The van der Waals surface area contributed by atoms with Crippen LogP contribution in [0.15, 0.2) is 0 Å². The first-order chi connectivity index (χ1) is 8.25. The van der Waals surface area contributed by atoms with Crippen LogP contribution in [0, 0.1) is 5.41 Å². The Labute approximate surface area is 109 Å². The summed E-state index contributed by atoms with van der Waals surface area (Å²) in [6.07, 6.45) is -0.352. The number of piperazine rings is 1. The van der Waals surface area contributed by atoms with Gasteiger partial charge in [-0.25, -0.2) is 4.79 Å². The van der Waals surface area contributed by atoms with E-state index in [4.69, 9.17) is 15.9 Å². The third kappa shape index (κ3) is 3.35. The normalized spacial score (nSPS) is 17.9. The number of rotatable bonds is 3. The molecule has 1 saturated heterocycles. The molecule has 0 saturated carbocycles. The summed E-state index contributed by atoms with van der Waals surface area (Å²) in [5.74, 6) is 0.153. The van der Waals surface area contributed by atoms with Crippen molar-refractivity contribution in [2.24, 2.45) is 5.73 Å². The van der Waals surface area contributed by atoms with Gasteiger partial charge in [0.25, 0.3) is 0 Å². The highest BCUT2D eigenvalue weighted by Crippen LogP contribution is 2.17. The standard InChI is InChI=1S/C12H24N4O2/c1-9(2)18-11(17)15-5-7-16(8-6-15)12(3,4)10(13)14/h9H,5-8H2,1-4H3,(H3,13,14). The Kier molecular flexibility index (Phi) is 4.56. The summed E-state index contributed by atoms with van der Waals surface area (Å²) >= 11 is 0. The summed E-state index contributed by atoms with van der Waals surface area (Å²) in [7, 11) is 0. The van der Waals surface area contributed by atoms with E-state index in [-0.39, 0.29) is 18.0 Å². The van der Waals surface area contributed by atoms with Crippen LogP contribution in [0.25, 0.3) is 0 Å². The molecule has 6 nitrogen and oxygen atoms in total. The van der Waals surface area contributed by atoms with Gasteiger partial charge in [0.15, 0.2) is 0 Å². The molecular weight excluding hydrogens is 232 g/mol. The minimum Gasteiger partial charge on any atom is -0.447 e. The van der Waals surface area contributed by atoms with Crippen LogP contribution in [0.5, 0.6) is 0 Å². The van der Waals surface area contributed by atoms with Gasteiger partial charge in [-0.15, -0.1) is 0 Å². The van der Waals surface area contributed by atoms with Crippen molar-refractivity contribution in [1.29, 1.82) is 5.41 Å². The summed E-state index contributed by atoms with van der Waals surface area (Å²) < 4.78 is 5.16. The van der Waals surface area contributed by atoms with Crippen molar-refractivity contribution in [3.63, 3.8) is 0 Å². The minimum absolute atomic E-state index is 0.0933. The number of amidine groups is 1. The van der Waals surface area contributed by atoms with Crippen LogP contribution in [0.3, 0.4) is 0 Å². The van der Waals surface area contributed by atoms with Crippen LogP contribution in [0.4, 0.5) is 4.79 Å². The van der Waals surface area contributed by atoms with E-state index >= 15 is 0 Å². The van der Waals surface area contributed by atoms with E-state index in [2.05, 4.69) is 4.90 Å². The zero-order chi connectivity index (χ0) is 13.9. The zero-order valence-corrected chi connectivity index (χ0v) is 11.7. The molecule has 6 heteroatoms. The second-order valence-corrected chi connectivity index (χ2v) is 5.38. The van der Waals surface area contributed by atoms with Gasteiger partial charge >= 0.3 is 6.09 Å². The quantitative estimate of drug-likeness (QED) is 0.579. The number of carbonyl (C=O) groups is 1. The largest absolute Gasteiger partial charge is 0.447 e. The smallest absolute Gasteiger partial charge is 0.410 e. The average Bonchev–Trinajstić information content (AvgIpc) is 2.28. The van der Waals surface area contributed by atoms with Crippen molar-refractivity contribution in [3.05, 3.63) is 0 Å². The highest BCUT2D eigenvalue weighted by Gasteiger charge is 2.33. The number of ether oxygens (including phenoxy) is 1. The van der Waals surface area contributed by atoms with Gasteiger partial charge in [-0.1, -0.05) is 0 Å². The van der Waals surface area contributed by atoms with Crippen molar-refractivity contribution in [2.75, 3.05) is 26.2 Å². The van der Waals surface area contributed by atoms with Gasteiger partial charge in [0.05, 0.1) is 11.6 Å². The average molecular weight is 256 g/mol. The topological polar surface area (TPSA) is 82.7 Å². The van der Waals surface area contributed by atoms with E-state index in [0.717, 1.165) is 0 Å². The zero-order valence-electron chi connectivity index (χ0n) is 11.7. The molecule has 0 atom stereocenters. The summed E-state index contributed by atoms with van der Waals surface area (Å²) in [6.45, 7) is 10.2. The fourth-order valence-electron chi connectivity index (χ4n) is 1.89. The second kappa shape index (κ2) is 5.56. The maximum atomic E-state index is 11.7. The Hall–Kier alpha value is -1.30. The molecule has 0 aromatic heterocycles. The molecule has 0 aromatic carbocycles. The van der Waals surface area contributed by atoms with E-state index < -0.39 is 5.54 Å². The fraction of sp³-hybridized carbons (Fsp3) is 0.833. The van der Waals surface area contributed by atoms with Crippen molar-refractivity contribution in [3.8, 4) is 0 Å². The lowest BCUT2D eigenvalue weighted by molar-refractivity contribution is 0.0440. The predicted octanol–water partition coefficient (Wildman–Crippen LogP) is 0.864. The molecular formula is C12H24N4O2. The Balaban J connectivity index is 2.51. The first kappa shape index (κ1) is 14.8. The van der Waals surface area contributed by atoms with E-state index in [1.165, 1.54) is 0 Å². The number of nitrogens with one attached hydrogen (secondary N) is 1. The van der Waals surface area contributed by atoms with E-state index in [1.807, 2.05) is 27.7 Å². The van der Waals surface area contributed by atoms with Crippen molar-refractivity contribution >= 4 is 11.9 Å². The molecule has 0 aliphatic carbocycles. The van der Waals surface area contributed by atoms with Crippen molar-refractivity contribution < 1.29 is 9.53 Å². The van der Waals surface area contributed by atoms with Gasteiger partial charge in [0, 0.05) is 26.2 Å². The van der Waals surface area contributed by atoms with E-state index in [1.54, 1.807) is 4.90 Å². The molecule has 1 aliphatic rings. The molecule has 1 heterocycles. The van der Waals surface area contributed by atoms with Gasteiger partial charge in [0.2, 0.25) is 0 Å². The summed E-state index contributed by atoms with van der Waals surface area (Å²) in [5.41, 5.74) is 5.15. The lowest BCUT2D eigenvalue weighted by Gasteiger charge is -2.43. The van der Waals surface area contributed by atoms with Crippen LogP contribution in [-0.2, 0) is 4.74 Å². The number of hydrogen-bond acceptors (Lipinski definition) is 4. The maximum Gasteiger partial charge on any atom is 0.410 e. The molecule has 3 N–H and O–H groups in total. The summed E-state index contributed by atoms with van der Waals surface area (Å²) in [4.78, 5) is 15.5. The van der Waals surface area contributed by atoms with Gasteiger partial charge in [-0.2, -0.15) is 0 Å². The second-order valence-electron chi connectivity index (χ2n) is 5.38. The maximum absolute atomic E-state index is 11.7. The Morgan fingerprint density at radius 3 is 2.17 bits per heavy atom. The highest BCUT2D eigenvalue weighted by molar-refractivity contribution is 5.86. The first-order valence-electron chi connectivity index (χ1n) is 6.30. The first-order valence-corrected chi connectivity index (χ1v) is 6.30. The lowest BCUT2D eigenvalue weighted by atomic mass is 10.0. The summed E-state index contributed by atoms with van der Waals surface area (Å²) in [5, 5.41) is 7.59. The van der Waals surface area contributed by atoms with Gasteiger partial charge in [-0.3, -0.25) is 10.3 Å². The molecule has 1 amide bonds. The van der Waals surface area contributed by atoms with Crippen LogP contribution in [0.1, 0.15) is 27.7 Å². The Morgan fingerprint density at radius 1 is 1.28 bits per heavy atom. The van der Waals surface area contributed by atoms with Crippen LogP contribution >= 0.6 is 0 Å². The third-order valence-electron chi connectivity index (χ3n) is 3.32. The Morgan fingerprint density at radius 2 is 1.78 bits per heavy atom. The molecule has 0 spiro atoms. The van der Waals surface area contributed by atoms with Crippen LogP contribution < -0.4 is 5.73 Å². The molecule has 0 radical (unpaired) electrons. The molecule has 0 aromatic rings. The molecule has 0 bridgehead atoms. The van der Waals surface area contributed by atoms with Gasteiger partial charge < -0.3 is 15.4 Å². The number of nitrogens with two attached hydrogens (primary N) is 1. The van der Waals surface area contributed by atoms with Crippen LogP contribution in [-0.4, -0.2) is 59.6 Å². The molecule has 1 fully saturated rings. The van der Waals surface area contributed by atoms with Gasteiger partial charge in [-0.05, 0) is 27.7 Å². The van der Waals surface area contributed by atoms with E-state index in [0.29, 0.717) is 26.2 Å². The highest BCUT2D eigenvalue weighted by atomic mass is 16.6. The third-order valence-corrected chi connectivity index (χ3v) is 3.32. The lowest BCUT2D eigenvalue weighted by Crippen LogP contribution is -2.60. The molecule has 104 valence electrons. The van der Waals surface area contributed by atoms with Crippen molar-refractivity contribution in [1.82, 2.24) is 9.80 Å². The Bertz CT molecular complexity index is 320. The van der Waals surface area contributed by atoms with Crippen molar-refractivity contribution in [2.45, 2.75) is 39.3 Å². The summed E-state index contributed by atoms with van der Waals surface area (Å²) in [6, 6.07) is 0. The minimum atomic E-state index is -0.450. The van der Waals surface area contributed by atoms with Gasteiger partial charge in [0.1, 0.15) is 5.84 Å². The number of hydrogen-bond donors (Lipinski definition) is 2. The van der Waals surface area contributed by atoms with E-state index in [9.17, 15) is 4.79 Å². The molecule has 0 unspecified atom stereocenters. The number of carbonyl (C=O) groups excluding carboxylic acids is 1. The predicted molar refractivity (Wildman–Crippen MR) is 70.8 cm³/mol. The molecule has 1 aliphatic heterocycles. The van der Waals surface area contributed by atoms with Crippen LogP contribution in [0.2, 0.25) is 0 Å². The molecule has 1 rings (SSSR count).